The molecule has 0 radical (unpaired) electrons. The van der Waals surface area contributed by atoms with Gasteiger partial charge in [-0.05, 0) is 57.5 Å². The quantitative estimate of drug-likeness (QED) is 0.303. The summed E-state index contributed by atoms with van der Waals surface area (Å²) >= 11 is 0. The van der Waals surface area contributed by atoms with E-state index in [9.17, 15) is 0 Å². The number of aliphatic imine (C=N–C) groups is 1. The number of rotatable bonds is 7. The fourth-order valence-electron chi connectivity index (χ4n) is 2.66. The Morgan fingerprint density at radius 2 is 1.83 bits per heavy atom. The molecule has 6 heteroatoms. The summed E-state index contributed by atoms with van der Waals surface area (Å²) in [6.45, 7) is 4.49. The van der Waals surface area contributed by atoms with Crippen molar-refractivity contribution in [3.05, 3.63) is 29.8 Å². The predicted molar refractivity (Wildman–Crippen MR) is 111 cm³/mol. The zero-order valence-electron chi connectivity index (χ0n) is 14.9. The Morgan fingerprint density at radius 1 is 1.17 bits per heavy atom. The fourth-order valence-corrected chi connectivity index (χ4v) is 2.66. The molecule has 1 heterocycles. The molecular formula is C18H31IN4O. The first kappa shape index (κ1) is 21.0. The molecule has 136 valence electrons. The van der Waals surface area contributed by atoms with Gasteiger partial charge in [0.15, 0.2) is 5.96 Å². The Labute approximate surface area is 163 Å². The molecule has 0 saturated carbocycles. The van der Waals surface area contributed by atoms with Crippen LogP contribution in [0.3, 0.4) is 0 Å². The summed E-state index contributed by atoms with van der Waals surface area (Å²) in [5.74, 6) is 1.59. The molecule has 1 aromatic carbocycles. The van der Waals surface area contributed by atoms with Crippen molar-refractivity contribution in [2.45, 2.75) is 32.2 Å². The van der Waals surface area contributed by atoms with Crippen molar-refractivity contribution < 1.29 is 4.74 Å². The van der Waals surface area contributed by atoms with E-state index in [4.69, 9.17) is 10.5 Å². The van der Waals surface area contributed by atoms with Crippen LogP contribution in [0.4, 0.5) is 0 Å². The Hall–Kier alpha value is -1.02. The van der Waals surface area contributed by atoms with Gasteiger partial charge in [-0.25, -0.2) is 4.99 Å². The minimum Gasteiger partial charge on any atom is -0.494 e. The lowest BCUT2D eigenvalue weighted by Crippen LogP contribution is -2.40. The predicted octanol–water partition coefficient (Wildman–Crippen LogP) is 2.94. The van der Waals surface area contributed by atoms with E-state index in [2.05, 4.69) is 41.0 Å². The number of benzene rings is 1. The Kier molecular flexibility index (Phi) is 10.1. The SMILES string of the molecule is CN(C)CCCOc1ccc(CN=C(N)N2CCCCC2)cc1.I. The van der Waals surface area contributed by atoms with Gasteiger partial charge in [-0.1, -0.05) is 12.1 Å². The topological polar surface area (TPSA) is 54.1 Å². The average molecular weight is 446 g/mol. The molecule has 1 fully saturated rings. The van der Waals surface area contributed by atoms with Gasteiger partial charge in [0.2, 0.25) is 0 Å². The van der Waals surface area contributed by atoms with Crippen molar-refractivity contribution in [3.63, 3.8) is 0 Å². The third-order valence-corrected chi connectivity index (χ3v) is 4.05. The number of ether oxygens (including phenoxy) is 1. The van der Waals surface area contributed by atoms with E-state index in [0.29, 0.717) is 12.5 Å². The molecule has 1 saturated heterocycles. The van der Waals surface area contributed by atoms with E-state index in [1.165, 1.54) is 19.3 Å². The second kappa shape index (κ2) is 11.5. The highest BCUT2D eigenvalue weighted by molar-refractivity contribution is 14.0. The lowest BCUT2D eigenvalue weighted by Gasteiger charge is -2.27. The average Bonchev–Trinajstić information content (AvgIpc) is 2.58. The Bertz CT molecular complexity index is 484. The number of piperidine rings is 1. The summed E-state index contributed by atoms with van der Waals surface area (Å²) in [6, 6.07) is 8.15. The summed E-state index contributed by atoms with van der Waals surface area (Å²) < 4.78 is 5.74. The van der Waals surface area contributed by atoms with E-state index < -0.39 is 0 Å². The maximum absolute atomic E-state index is 6.08. The van der Waals surface area contributed by atoms with Crippen molar-refractivity contribution in [1.29, 1.82) is 0 Å². The van der Waals surface area contributed by atoms with Crippen LogP contribution in [0.25, 0.3) is 0 Å². The minimum atomic E-state index is 0. The zero-order valence-corrected chi connectivity index (χ0v) is 17.2. The van der Waals surface area contributed by atoms with Crippen LogP contribution in [-0.4, -0.2) is 56.1 Å². The molecule has 2 N–H and O–H groups in total. The molecule has 0 spiro atoms. The summed E-state index contributed by atoms with van der Waals surface area (Å²) in [5.41, 5.74) is 7.24. The van der Waals surface area contributed by atoms with E-state index in [-0.39, 0.29) is 24.0 Å². The highest BCUT2D eigenvalue weighted by Crippen LogP contribution is 2.14. The number of likely N-dealkylation sites (tertiary alicyclic amines) is 1. The first-order valence-electron chi connectivity index (χ1n) is 8.56. The van der Waals surface area contributed by atoms with Crippen LogP contribution < -0.4 is 10.5 Å². The minimum absolute atomic E-state index is 0. The van der Waals surface area contributed by atoms with E-state index >= 15 is 0 Å². The highest BCUT2D eigenvalue weighted by Gasteiger charge is 2.11. The van der Waals surface area contributed by atoms with Gasteiger partial charge in [0.1, 0.15) is 5.75 Å². The molecule has 0 aliphatic carbocycles. The van der Waals surface area contributed by atoms with Crippen LogP contribution in [0.1, 0.15) is 31.2 Å². The molecule has 0 aromatic heterocycles. The van der Waals surface area contributed by atoms with Gasteiger partial charge in [0.25, 0.3) is 0 Å². The van der Waals surface area contributed by atoms with Crippen molar-refractivity contribution >= 4 is 29.9 Å². The third-order valence-electron chi connectivity index (χ3n) is 4.05. The van der Waals surface area contributed by atoms with Crippen LogP contribution in [0, 0.1) is 0 Å². The standard InChI is InChI=1S/C18H30N4O.HI/c1-21(2)11-6-14-23-17-9-7-16(8-10-17)15-20-18(19)22-12-4-3-5-13-22;/h7-10H,3-6,11-15H2,1-2H3,(H2,19,20);1H. The van der Waals surface area contributed by atoms with Crippen LogP contribution in [-0.2, 0) is 6.54 Å². The molecule has 0 unspecified atom stereocenters. The largest absolute Gasteiger partial charge is 0.494 e. The van der Waals surface area contributed by atoms with Gasteiger partial charge in [-0.15, -0.1) is 24.0 Å². The van der Waals surface area contributed by atoms with Crippen LogP contribution in [0.15, 0.2) is 29.3 Å². The molecule has 24 heavy (non-hydrogen) atoms. The number of nitrogens with two attached hydrogens (primary N) is 1. The summed E-state index contributed by atoms with van der Waals surface area (Å²) in [7, 11) is 4.15. The monoisotopic (exact) mass is 446 g/mol. The maximum Gasteiger partial charge on any atom is 0.191 e. The van der Waals surface area contributed by atoms with Crippen LogP contribution in [0.2, 0.25) is 0 Å². The molecule has 2 rings (SSSR count). The Balaban J connectivity index is 0.00000288. The first-order chi connectivity index (χ1) is 11.1. The van der Waals surface area contributed by atoms with E-state index in [1.807, 2.05) is 12.1 Å². The number of nitrogens with zero attached hydrogens (tertiary/aromatic N) is 3. The lowest BCUT2D eigenvalue weighted by atomic mass is 10.1. The zero-order chi connectivity index (χ0) is 16.5. The molecular weight excluding hydrogens is 415 g/mol. The number of guanidine groups is 1. The molecule has 1 aromatic rings. The van der Waals surface area contributed by atoms with E-state index in [0.717, 1.165) is 44.0 Å². The second-order valence-corrected chi connectivity index (χ2v) is 6.37. The molecule has 0 bridgehead atoms. The van der Waals surface area contributed by atoms with Gasteiger partial charge >= 0.3 is 0 Å². The van der Waals surface area contributed by atoms with Crippen molar-refractivity contribution in [2.24, 2.45) is 10.7 Å². The van der Waals surface area contributed by atoms with Crippen LogP contribution in [0.5, 0.6) is 5.75 Å². The summed E-state index contributed by atoms with van der Waals surface area (Å²) in [4.78, 5) is 8.87. The number of hydrogen-bond donors (Lipinski definition) is 1. The third kappa shape index (κ3) is 7.70. The highest BCUT2D eigenvalue weighted by atomic mass is 127. The van der Waals surface area contributed by atoms with Gasteiger partial charge in [0.05, 0.1) is 13.2 Å². The van der Waals surface area contributed by atoms with Gasteiger partial charge < -0.3 is 20.3 Å². The van der Waals surface area contributed by atoms with Gasteiger partial charge in [-0.3, -0.25) is 0 Å². The van der Waals surface area contributed by atoms with Gasteiger partial charge in [0, 0.05) is 19.6 Å². The molecule has 0 atom stereocenters. The molecule has 1 aliphatic heterocycles. The van der Waals surface area contributed by atoms with Crippen molar-refractivity contribution in [2.75, 3.05) is 40.3 Å². The van der Waals surface area contributed by atoms with Crippen LogP contribution >= 0.6 is 24.0 Å². The van der Waals surface area contributed by atoms with E-state index in [1.54, 1.807) is 0 Å². The maximum atomic E-state index is 6.08. The smallest absolute Gasteiger partial charge is 0.191 e. The molecule has 5 nitrogen and oxygen atoms in total. The van der Waals surface area contributed by atoms with Gasteiger partial charge in [-0.2, -0.15) is 0 Å². The normalized spacial score (nSPS) is 15.3. The Morgan fingerprint density at radius 3 is 2.46 bits per heavy atom. The summed E-state index contributed by atoms with van der Waals surface area (Å²) in [6.07, 6.45) is 4.78. The number of halogens is 1. The van der Waals surface area contributed by atoms with Crippen molar-refractivity contribution in [1.82, 2.24) is 9.80 Å². The second-order valence-electron chi connectivity index (χ2n) is 6.37. The lowest BCUT2D eigenvalue weighted by molar-refractivity contribution is 0.281. The number of hydrogen-bond acceptors (Lipinski definition) is 3. The van der Waals surface area contributed by atoms with Crippen molar-refractivity contribution in [3.8, 4) is 5.75 Å². The summed E-state index contributed by atoms with van der Waals surface area (Å²) in [5, 5.41) is 0. The first-order valence-corrected chi connectivity index (χ1v) is 8.56. The molecule has 0 amide bonds. The molecule has 1 aliphatic rings. The fraction of sp³-hybridized carbons (Fsp3) is 0.611.